The average Bonchev–Trinajstić information content (AvgIpc) is 3.31. The third kappa shape index (κ3) is 3.63. The molecule has 1 aromatic carbocycles. The van der Waals surface area contributed by atoms with E-state index in [2.05, 4.69) is 50.0 Å². The van der Waals surface area contributed by atoms with Crippen LogP contribution in [-0.2, 0) is 13.0 Å². The zero-order valence-electron chi connectivity index (χ0n) is 13.7. The Labute approximate surface area is 145 Å². The first-order valence-corrected chi connectivity index (χ1v) is 8.26. The van der Waals surface area contributed by atoms with Gasteiger partial charge in [0.25, 0.3) is 0 Å². The predicted octanol–water partition coefficient (Wildman–Crippen LogP) is 3.82. The highest BCUT2D eigenvalue weighted by molar-refractivity contribution is 5.83. The first kappa shape index (κ1) is 15.3. The third-order valence-electron chi connectivity index (χ3n) is 4.07. The van der Waals surface area contributed by atoms with E-state index in [1.54, 1.807) is 12.6 Å². The number of H-pyrrole nitrogens is 1. The molecular weight excluding hydrogens is 314 g/mol. The lowest BCUT2D eigenvalue weighted by atomic mass is 10.1. The second-order valence-corrected chi connectivity index (χ2v) is 5.76. The van der Waals surface area contributed by atoms with Gasteiger partial charge in [-0.1, -0.05) is 18.2 Å². The van der Waals surface area contributed by atoms with Crippen molar-refractivity contribution in [3.05, 3.63) is 72.6 Å². The van der Waals surface area contributed by atoms with Crippen LogP contribution < -0.4 is 10.6 Å². The standard InChI is InChI=1S/C19H19N5O/c1-2-6-17-16(5-1)14(11-21-17)7-8-20-18-10-19(24-13-23-18)22-12-15-4-3-9-25-15/h1-6,9-11,13,21H,7-8,12H2,(H2,20,22,23,24). The highest BCUT2D eigenvalue weighted by atomic mass is 16.3. The molecule has 0 atom stereocenters. The molecular formula is C19H19N5O. The molecule has 126 valence electrons. The number of hydrogen-bond donors (Lipinski definition) is 3. The lowest BCUT2D eigenvalue weighted by molar-refractivity contribution is 0.518. The molecule has 3 heterocycles. The van der Waals surface area contributed by atoms with Gasteiger partial charge in [-0.25, -0.2) is 9.97 Å². The van der Waals surface area contributed by atoms with E-state index < -0.39 is 0 Å². The summed E-state index contributed by atoms with van der Waals surface area (Å²) in [6.45, 7) is 1.40. The van der Waals surface area contributed by atoms with Crippen molar-refractivity contribution in [1.29, 1.82) is 0 Å². The van der Waals surface area contributed by atoms with E-state index in [1.165, 1.54) is 16.5 Å². The van der Waals surface area contributed by atoms with E-state index >= 15 is 0 Å². The maximum Gasteiger partial charge on any atom is 0.131 e. The van der Waals surface area contributed by atoms with Gasteiger partial charge in [0.2, 0.25) is 0 Å². The fraction of sp³-hybridized carbons (Fsp3) is 0.158. The Bertz CT molecular complexity index is 945. The molecule has 4 rings (SSSR count). The quantitative estimate of drug-likeness (QED) is 0.479. The second-order valence-electron chi connectivity index (χ2n) is 5.76. The summed E-state index contributed by atoms with van der Waals surface area (Å²) in [5.74, 6) is 2.44. The van der Waals surface area contributed by atoms with Gasteiger partial charge in [-0.3, -0.25) is 0 Å². The third-order valence-corrected chi connectivity index (χ3v) is 4.07. The molecule has 0 aliphatic rings. The number of fused-ring (bicyclic) bond motifs is 1. The maximum absolute atomic E-state index is 5.30. The summed E-state index contributed by atoms with van der Waals surface area (Å²) in [6, 6.07) is 14.0. The van der Waals surface area contributed by atoms with Crippen molar-refractivity contribution in [1.82, 2.24) is 15.0 Å². The molecule has 0 aliphatic carbocycles. The molecule has 0 unspecified atom stereocenters. The van der Waals surface area contributed by atoms with Gasteiger partial charge in [0.05, 0.1) is 12.8 Å². The Balaban J connectivity index is 1.34. The zero-order valence-corrected chi connectivity index (χ0v) is 13.7. The van der Waals surface area contributed by atoms with Gasteiger partial charge in [-0.15, -0.1) is 0 Å². The van der Waals surface area contributed by atoms with Crippen molar-refractivity contribution < 1.29 is 4.42 Å². The van der Waals surface area contributed by atoms with Crippen LogP contribution >= 0.6 is 0 Å². The van der Waals surface area contributed by atoms with Crippen LogP contribution in [0, 0.1) is 0 Å². The summed E-state index contributed by atoms with van der Waals surface area (Å²) in [5, 5.41) is 7.85. The lowest BCUT2D eigenvalue weighted by Gasteiger charge is -2.08. The number of benzene rings is 1. The lowest BCUT2D eigenvalue weighted by Crippen LogP contribution is -2.07. The van der Waals surface area contributed by atoms with Crippen LogP contribution in [0.5, 0.6) is 0 Å². The Morgan fingerprint density at radius 2 is 1.88 bits per heavy atom. The number of nitrogens with one attached hydrogen (secondary N) is 3. The molecule has 0 fully saturated rings. The van der Waals surface area contributed by atoms with E-state index in [9.17, 15) is 0 Å². The van der Waals surface area contributed by atoms with Crippen molar-refractivity contribution >= 4 is 22.5 Å². The fourth-order valence-corrected chi connectivity index (χ4v) is 2.81. The number of hydrogen-bond acceptors (Lipinski definition) is 5. The Hall–Kier alpha value is -3.28. The zero-order chi connectivity index (χ0) is 16.9. The highest BCUT2D eigenvalue weighted by Gasteiger charge is 2.04. The number of para-hydroxylation sites is 1. The average molecular weight is 333 g/mol. The minimum atomic E-state index is 0.596. The summed E-state index contributed by atoms with van der Waals surface area (Å²) in [4.78, 5) is 11.8. The summed E-state index contributed by atoms with van der Waals surface area (Å²) in [7, 11) is 0. The van der Waals surface area contributed by atoms with E-state index in [0.29, 0.717) is 6.54 Å². The molecule has 0 radical (unpaired) electrons. The topological polar surface area (TPSA) is 78.8 Å². The van der Waals surface area contributed by atoms with Crippen molar-refractivity contribution in [2.75, 3.05) is 17.2 Å². The van der Waals surface area contributed by atoms with Crippen LogP contribution in [0.1, 0.15) is 11.3 Å². The predicted molar refractivity (Wildman–Crippen MR) is 98.6 cm³/mol. The summed E-state index contributed by atoms with van der Waals surface area (Å²) in [6.07, 6.45) is 6.21. The number of rotatable bonds is 7. The molecule has 0 bridgehead atoms. The fourth-order valence-electron chi connectivity index (χ4n) is 2.81. The number of aromatic nitrogens is 3. The highest BCUT2D eigenvalue weighted by Crippen LogP contribution is 2.18. The molecule has 0 amide bonds. The molecule has 3 aromatic heterocycles. The van der Waals surface area contributed by atoms with Crippen molar-refractivity contribution in [3.8, 4) is 0 Å². The van der Waals surface area contributed by atoms with Gasteiger partial charge in [-0.05, 0) is 30.2 Å². The van der Waals surface area contributed by atoms with Crippen LogP contribution in [0.15, 0.2) is 65.7 Å². The van der Waals surface area contributed by atoms with Gasteiger partial charge in [0.15, 0.2) is 0 Å². The minimum Gasteiger partial charge on any atom is -0.467 e. The second kappa shape index (κ2) is 7.09. The van der Waals surface area contributed by atoms with Gasteiger partial charge in [-0.2, -0.15) is 0 Å². The number of aromatic amines is 1. The Morgan fingerprint density at radius 3 is 2.76 bits per heavy atom. The monoisotopic (exact) mass is 333 g/mol. The number of anilines is 2. The summed E-state index contributed by atoms with van der Waals surface area (Å²) < 4.78 is 5.30. The van der Waals surface area contributed by atoms with Gasteiger partial charge >= 0.3 is 0 Å². The van der Waals surface area contributed by atoms with Gasteiger partial charge in [0, 0.05) is 29.7 Å². The normalized spacial score (nSPS) is 10.9. The van der Waals surface area contributed by atoms with Crippen molar-refractivity contribution in [2.45, 2.75) is 13.0 Å². The van der Waals surface area contributed by atoms with Gasteiger partial charge in [0.1, 0.15) is 23.7 Å². The molecule has 25 heavy (non-hydrogen) atoms. The molecule has 4 aromatic rings. The summed E-state index contributed by atoms with van der Waals surface area (Å²) >= 11 is 0. The van der Waals surface area contributed by atoms with Crippen LogP contribution in [0.25, 0.3) is 10.9 Å². The Kier molecular flexibility index (Phi) is 4.33. The first-order chi connectivity index (χ1) is 12.4. The molecule has 0 aliphatic heterocycles. The largest absolute Gasteiger partial charge is 0.467 e. The molecule has 6 nitrogen and oxygen atoms in total. The van der Waals surface area contributed by atoms with Crippen molar-refractivity contribution in [3.63, 3.8) is 0 Å². The van der Waals surface area contributed by atoms with Crippen LogP contribution in [0.3, 0.4) is 0 Å². The smallest absolute Gasteiger partial charge is 0.131 e. The first-order valence-electron chi connectivity index (χ1n) is 8.26. The van der Waals surface area contributed by atoms with Crippen LogP contribution in [-0.4, -0.2) is 21.5 Å². The van der Waals surface area contributed by atoms with E-state index in [0.717, 1.165) is 30.4 Å². The number of furan rings is 1. The van der Waals surface area contributed by atoms with E-state index in [1.807, 2.05) is 24.3 Å². The maximum atomic E-state index is 5.30. The van der Waals surface area contributed by atoms with Crippen LogP contribution in [0.4, 0.5) is 11.6 Å². The molecule has 3 N–H and O–H groups in total. The van der Waals surface area contributed by atoms with Gasteiger partial charge < -0.3 is 20.0 Å². The van der Waals surface area contributed by atoms with E-state index in [-0.39, 0.29) is 0 Å². The minimum absolute atomic E-state index is 0.596. The summed E-state index contributed by atoms with van der Waals surface area (Å²) in [5.41, 5.74) is 2.47. The molecule has 0 spiro atoms. The SMILES string of the molecule is c1coc(CNc2cc(NCCc3c[nH]c4ccccc34)ncn2)c1. The van der Waals surface area contributed by atoms with Crippen LogP contribution in [0.2, 0.25) is 0 Å². The molecule has 0 saturated carbocycles. The molecule has 6 heteroatoms. The molecule has 0 saturated heterocycles. The van der Waals surface area contributed by atoms with E-state index in [4.69, 9.17) is 4.42 Å². The van der Waals surface area contributed by atoms with Crippen molar-refractivity contribution in [2.24, 2.45) is 0 Å². The number of nitrogens with zero attached hydrogens (tertiary/aromatic N) is 2. The Morgan fingerprint density at radius 1 is 1.00 bits per heavy atom.